The molecule has 1 fully saturated rings. The minimum Gasteiger partial charge on any atom is -0.353 e. The molecular weight excluding hydrogens is 200 g/mol. The molecule has 1 saturated carbocycles. The van der Waals surface area contributed by atoms with Gasteiger partial charge in [-0.05, 0) is 38.5 Å². The average Bonchev–Trinajstić information content (AvgIpc) is 2.22. The van der Waals surface area contributed by atoms with E-state index in [2.05, 4.69) is 26.1 Å². The third-order valence-electron chi connectivity index (χ3n) is 3.74. The normalized spacial score (nSPS) is 32.1. The molecule has 0 aromatic heterocycles. The number of rotatable bonds is 4. The van der Waals surface area contributed by atoms with Gasteiger partial charge in [0.2, 0.25) is 5.91 Å². The molecule has 0 saturated heterocycles. The van der Waals surface area contributed by atoms with E-state index < -0.39 is 0 Å². The molecule has 0 spiro atoms. The molecule has 1 rings (SSSR count). The van der Waals surface area contributed by atoms with E-state index in [1.165, 1.54) is 0 Å². The highest BCUT2D eigenvalue weighted by Gasteiger charge is 2.29. The second kappa shape index (κ2) is 6.24. The highest BCUT2D eigenvalue weighted by molar-refractivity contribution is 5.79. The first kappa shape index (κ1) is 13.5. The van der Waals surface area contributed by atoms with Crippen molar-refractivity contribution in [3.05, 3.63) is 0 Å². The Morgan fingerprint density at radius 3 is 2.75 bits per heavy atom. The van der Waals surface area contributed by atoms with E-state index in [9.17, 15) is 4.79 Å². The number of nitrogens with two attached hydrogens (primary N) is 1. The molecule has 4 atom stereocenters. The maximum atomic E-state index is 12.0. The van der Waals surface area contributed by atoms with E-state index in [4.69, 9.17) is 5.73 Å². The summed E-state index contributed by atoms with van der Waals surface area (Å²) < 4.78 is 0. The van der Waals surface area contributed by atoms with Crippen LogP contribution in [0.2, 0.25) is 0 Å². The van der Waals surface area contributed by atoms with Gasteiger partial charge in [-0.2, -0.15) is 0 Å². The SMILES string of the molecule is CCCC(C)NC(=O)C1CCC(C)C(N)C1. The van der Waals surface area contributed by atoms with Crippen LogP contribution in [0.15, 0.2) is 0 Å². The Morgan fingerprint density at radius 2 is 2.19 bits per heavy atom. The molecule has 1 amide bonds. The lowest BCUT2D eigenvalue weighted by Gasteiger charge is -2.31. The second-order valence-electron chi connectivity index (χ2n) is 5.35. The van der Waals surface area contributed by atoms with Crippen molar-refractivity contribution in [2.75, 3.05) is 0 Å². The van der Waals surface area contributed by atoms with Crippen LogP contribution in [0.1, 0.15) is 52.9 Å². The first-order valence-electron chi connectivity index (χ1n) is 6.60. The number of hydrogen-bond acceptors (Lipinski definition) is 2. The van der Waals surface area contributed by atoms with Gasteiger partial charge in [-0.3, -0.25) is 4.79 Å². The lowest BCUT2D eigenvalue weighted by atomic mass is 9.79. The third kappa shape index (κ3) is 3.78. The van der Waals surface area contributed by atoms with Crippen molar-refractivity contribution >= 4 is 5.91 Å². The summed E-state index contributed by atoms with van der Waals surface area (Å²) in [5, 5.41) is 3.09. The fraction of sp³-hybridized carbons (Fsp3) is 0.923. The molecule has 4 unspecified atom stereocenters. The number of nitrogens with one attached hydrogen (secondary N) is 1. The number of hydrogen-bond donors (Lipinski definition) is 2. The van der Waals surface area contributed by atoms with Crippen molar-refractivity contribution in [3.63, 3.8) is 0 Å². The molecule has 0 aromatic rings. The topological polar surface area (TPSA) is 55.1 Å². The molecule has 0 radical (unpaired) electrons. The summed E-state index contributed by atoms with van der Waals surface area (Å²) in [6.07, 6.45) is 5.11. The van der Waals surface area contributed by atoms with Gasteiger partial charge in [0, 0.05) is 18.0 Å². The van der Waals surface area contributed by atoms with E-state index in [0.29, 0.717) is 12.0 Å². The standard InChI is InChI=1S/C13H26N2O/c1-4-5-10(3)15-13(16)11-7-6-9(2)12(14)8-11/h9-12H,4-8,14H2,1-3H3,(H,15,16). The van der Waals surface area contributed by atoms with Gasteiger partial charge in [0.25, 0.3) is 0 Å². The smallest absolute Gasteiger partial charge is 0.223 e. The Balaban J connectivity index is 2.37. The van der Waals surface area contributed by atoms with Crippen LogP contribution in [0.4, 0.5) is 0 Å². The summed E-state index contributed by atoms with van der Waals surface area (Å²) >= 11 is 0. The summed E-state index contributed by atoms with van der Waals surface area (Å²) in [5.74, 6) is 0.922. The van der Waals surface area contributed by atoms with Gasteiger partial charge in [0.05, 0.1) is 0 Å². The molecule has 0 aromatic carbocycles. The molecule has 0 aliphatic heterocycles. The zero-order valence-corrected chi connectivity index (χ0v) is 10.8. The molecular formula is C13H26N2O. The Kier molecular flexibility index (Phi) is 5.26. The van der Waals surface area contributed by atoms with Crippen LogP contribution in [0.5, 0.6) is 0 Å². The molecule has 1 aliphatic carbocycles. The number of carbonyl (C=O) groups excluding carboxylic acids is 1. The van der Waals surface area contributed by atoms with Gasteiger partial charge in [-0.15, -0.1) is 0 Å². The maximum absolute atomic E-state index is 12.0. The molecule has 3 N–H and O–H groups in total. The van der Waals surface area contributed by atoms with Crippen LogP contribution < -0.4 is 11.1 Å². The predicted molar refractivity (Wildman–Crippen MR) is 67.0 cm³/mol. The quantitative estimate of drug-likeness (QED) is 0.771. The van der Waals surface area contributed by atoms with Gasteiger partial charge in [-0.1, -0.05) is 20.3 Å². The Labute approximate surface area is 99.2 Å². The monoisotopic (exact) mass is 226 g/mol. The molecule has 94 valence electrons. The van der Waals surface area contributed by atoms with E-state index in [1.807, 2.05) is 0 Å². The first-order valence-corrected chi connectivity index (χ1v) is 6.60. The minimum atomic E-state index is 0.144. The number of amides is 1. The van der Waals surface area contributed by atoms with E-state index in [0.717, 1.165) is 32.1 Å². The average molecular weight is 226 g/mol. The molecule has 1 aliphatic rings. The van der Waals surface area contributed by atoms with E-state index >= 15 is 0 Å². The van der Waals surface area contributed by atoms with Crippen LogP contribution in [-0.2, 0) is 4.79 Å². The summed E-state index contributed by atoms with van der Waals surface area (Å²) in [7, 11) is 0. The zero-order chi connectivity index (χ0) is 12.1. The van der Waals surface area contributed by atoms with Crippen LogP contribution in [0, 0.1) is 11.8 Å². The van der Waals surface area contributed by atoms with E-state index in [-0.39, 0.29) is 17.9 Å². The van der Waals surface area contributed by atoms with Crippen LogP contribution in [0.3, 0.4) is 0 Å². The molecule has 0 heterocycles. The Bertz CT molecular complexity index is 230. The highest BCUT2D eigenvalue weighted by atomic mass is 16.1. The van der Waals surface area contributed by atoms with Gasteiger partial charge >= 0.3 is 0 Å². The van der Waals surface area contributed by atoms with Gasteiger partial charge < -0.3 is 11.1 Å². The minimum absolute atomic E-state index is 0.144. The molecule has 3 nitrogen and oxygen atoms in total. The lowest BCUT2D eigenvalue weighted by Crippen LogP contribution is -2.43. The fourth-order valence-corrected chi connectivity index (χ4v) is 2.46. The summed E-state index contributed by atoms with van der Waals surface area (Å²) in [5.41, 5.74) is 6.02. The van der Waals surface area contributed by atoms with Crippen molar-refractivity contribution < 1.29 is 4.79 Å². The van der Waals surface area contributed by atoms with Crippen molar-refractivity contribution in [1.29, 1.82) is 0 Å². The van der Waals surface area contributed by atoms with Crippen molar-refractivity contribution in [1.82, 2.24) is 5.32 Å². The predicted octanol–water partition coefficient (Wildman–Crippen LogP) is 2.05. The third-order valence-corrected chi connectivity index (χ3v) is 3.74. The lowest BCUT2D eigenvalue weighted by molar-refractivity contribution is -0.127. The van der Waals surface area contributed by atoms with Crippen molar-refractivity contribution in [2.45, 2.75) is 65.0 Å². The van der Waals surface area contributed by atoms with Gasteiger partial charge in [0.1, 0.15) is 0 Å². The van der Waals surface area contributed by atoms with Crippen molar-refractivity contribution in [2.24, 2.45) is 17.6 Å². The largest absolute Gasteiger partial charge is 0.353 e. The zero-order valence-electron chi connectivity index (χ0n) is 10.8. The second-order valence-corrected chi connectivity index (χ2v) is 5.35. The Morgan fingerprint density at radius 1 is 1.50 bits per heavy atom. The summed E-state index contributed by atoms with van der Waals surface area (Å²) in [6, 6.07) is 0.499. The molecule has 3 heteroatoms. The maximum Gasteiger partial charge on any atom is 0.223 e. The summed E-state index contributed by atoms with van der Waals surface area (Å²) in [4.78, 5) is 12.0. The first-order chi connectivity index (χ1) is 7.54. The highest BCUT2D eigenvalue weighted by Crippen LogP contribution is 2.27. The van der Waals surface area contributed by atoms with Gasteiger partial charge in [-0.25, -0.2) is 0 Å². The van der Waals surface area contributed by atoms with Gasteiger partial charge in [0.15, 0.2) is 0 Å². The molecule has 16 heavy (non-hydrogen) atoms. The number of carbonyl (C=O) groups is 1. The van der Waals surface area contributed by atoms with Crippen LogP contribution in [-0.4, -0.2) is 18.0 Å². The van der Waals surface area contributed by atoms with E-state index in [1.54, 1.807) is 0 Å². The van der Waals surface area contributed by atoms with Crippen LogP contribution in [0.25, 0.3) is 0 Å². The molecule has 0 bridgehead atoms. The van der Waals surface area contributed by atoms with Crippen LogP contribution >= 0.6 is 0 Å². The van der Waals surface area contributed by atoms with Crippen molar-refractivity contribution in [3.8, 4) is 0 Å². The summed E-state index contributed by atoms with van der Waals surface area (Å²) in [6.45, 7) is 6.39. The Hall–Kier alpha value is -0.570. The fourth-order valence-electron chi connectivity index (χ4n) is 2.46.